The normalized spacial score (nSPS) is 21.8. The van der Waals surface area contributed by atoms with Gasteiger partial charge in [-0.1, -0.05) is 60.3 Å². The van der Waals surface area contributed by atoms with Gasteiger partial charge in [-0.25, -0.2) is 17.5 Å². The summed E-state index contributed by atoms with van der Waals surface area (Å²) in [6.07, 6.45) is 3.59. The number of benzene rings is 3. The summed E-state index contributed by atoms with van der Waals surface area (Å²) in [5.74, 6) is -2.90. The third-order valence-electron chi connectivity index (χ3n) is 7.94. The van der Waals surface area contributed by atoms with Crippen LogP contribution in [0.1, 0.15) is 59.1 Å². The third-order valence-corrected chi connectivity index (χ3v) is 9.24. The summed E-state index contributed by atoms with van der Waals surface area (Å²) in [7, 11) is -3.62. The Balaban J connectivity index is 1.55. The number of sulfonamides is 1. The zero-order valence-corrected chi connectivity index (χ0v) is 26.1. The van der Waals surface area contributed by atoms with E-state index in [0.717, 1.165) is 19.1 Å². The molecule has 0 saturated heterocycles. The van der Waals surface area contributed by atoms with E-state index in [0.29, 0.717) is 40.2 Å². The van der Waals surface area contributed by atoms with Crippen molar-refractivity contribution in [1.82, 2.24) is 14.9 Å². The van der Waals surface area contributed by atoms with Gasteiger partial charge < -0.3 is 15.5 Å². The highest BCUT2D eigenvalue weighted by molar-refractivity contribution is 7.88. The molecular formula is C31H31Cl2FN4O5S. The van der Waals surface area contributed by atoms with Crippen LogP contribution >= 0.6 is 23.2 Å². The lowest BCUT2D eigenvalue weighted by Crippen LogP contribution is -2.59. The summed E-state index contributed by atoms with van der Waals surface area (Å²) in [6, 6.07) is 14.6. The Hall–Kier alpha value is -3.51. The number of rotatable bonds is 8. The lowest BCUT2D eigenvalue weighted by molar-refractivity contribution is -0.127. The van der Waals surface area contributed by atoms with Crippen LogP contribution in [0.5, 0.6) is 0 Å². The van der Waals surface area contributed by atoms with Gasteiger partial charge in [0, 0.05) is 33.4 Å². The molecule has 3 aromatic rings. The Kier molecular flexibility index (Phi) is 9.59. The highest BCUT2D eigenvalue weighted by Gasteiger charge is 2.49. The predicted molar refractivity (Wildman–Crippen MR) is 167 cm³/mol. The number of amides is 3. The molecule has 2 aliphatic rings. The molecule has 0 aromatic heterocycles. The molecule has 9 nitrogen and oxygen atoms in total. The number of carbonyl (C=O) groups excluding carboxylic acids is 3. The first-order valence-corrected chi connectivity index (χ1v) is 16.7. The number of halogens is 3. The third kappa shape index (κ3) is 7.07. The molecule has 3 amide bonds. The van der Waals surface area contributed by atoms with E-state index in [1.807, 2.05) is 0 Å². The second kappa shape index (κ2) is 13.2. The van der Waals surface area contributed by atoms with E-state index < -0.39 is 58.2 Å². The molecule has 5 rings (SSSR count). The van der Waals surface area contributed by atoms with Crippen molar-refractivity contribution in [2.24, 2.45) is 0 Å². The van der Waals surface area contributed by atoms with E-state index >= 15 is 0 Å². The molecule has 4 atom stereocenters. The molecule has 1 aliphatic carbocycles. The van der Waals surface area contributed by atoms with Gasteiger partial charge >= 0.3 is 0 Å². The van der Waals surface area contributed by atoms with Gasteiger partial charge in [0.1, 0.15) is 5.82 Å². The number of hydrogen-bond donors (Lipinski definition) is 3. The van der Waals surface area contributed by atoms with Crippen LogP contribution in [-0.2, 0) is 19.6 Å². The van der Waals surface area contributed by atoms with Gasteiger partial charge in [-0.2, -0.15) is 0 Å². The van der Waals surface area contributed by atoms with Gasteiger partial charge in [0.05, 0.1) is 24.8 Å². The quantitative estimate of drug-likeness (QED) is 0.313. The van der Waals surface area contributed by atoms with Crippen molar-refractivity contribution in [2.75, 3.05) is 18.1 Å². The van der Waals surface area contributed by atoms with Crippen molar-refractivity contribution < 1.29 is 27.2 Å². The molecule has 1 aliphatic heterocycles. The van der Waals surface area contributed by atoms with Crippen LogP contribution in [0.2, 0.25) is 10.0 Å². The van der Waals surface area contributed by atoms with E-state index in [9.17, 15) is 27.2 Å². The molecule has 0 bridgehead atoms. The number of carbonyl (C=O) groups is 3. The Labute approximate surface area is 265 Å². The first-order chi connectivity index (χ1) is 20.9. The van der Waals surface area contributed by atoms with Crippen molar-refractivity contribution >= 4 is 56.6 Å². The van der Waals surface area contributed by atoms with Crippen LogP contribution in [0.15, 0.2) is 66.7 Å². The molecular weight excluding hydrogens is 630 g/mol. The summed E-state index contributed by atoms with van der Waals surface area (Å²) in [6.45, 7) is -0.397. The maximum atomic E-state index is 14.3. The van der Waals surface area contributed by atoms with E-state index in [4.69, 9.17) is 23.2 Å². The lowest BCUT2D eigenvalue weighted by Gasteiger charge is -2.49. The van der Waals surface area contributed by atoms with Crippen LogP contribution < -0.4 is 15.4 Å². The molecule has 1 heterocycles. The highest BCUT2D eigenvalue weighted by Crippen LogP contribution is 2.47. The van der Waals surface area contributed by atoms with Crippen LogP contribution in [-0.4, -0.2) is 55.9 Å². The maximum absolute atomic E-state index is 14.3. The molecule has 0 radical (unpaired) electrons. The highest BCUT2D eigenvalue weighted by atomic mass is 35.5. The van der Waals surface area contributed by atoms with Crippen LogP contribution in [0.4, 0.5) is 10.1 Å². The van der Waals surface area contributed by atoms with Crippen LogP contribution in [0.25, 0.3) is 0 Å². The van der Waals surface area contributed by atoms with Crippen LogP contribution in [0.3, 0.4) is 0 Å². The molecule has 44 heavy (non-hydrogen) atoms. The number of hydrogen-bond acceptors (Lipinski definition) is 5. The standard InChI is InChI=1S/C31H31Cl2FN4O5S/c1-44(42,43)37-25-8-4-5-9-26(25)38-29(23-15-10-18(32)16-24(23)33)28(21-6-2-3-7-22(21)31(38)41)30(40)35-17-27(39)36-20-13-11-19(34)12-14-20/h2-3,6-7,10-16,25-26,28-29,37H,4-5,8-9,17H2,1H3,(H,35,40)(H,36,39)/t25?,26-,28+,29-/m0/s1. The van der Waals surface area contributed by atoms with E-state index in [1.165, 1.54) is 30.3 Å². The molecule has 1 saturated carbocycles. The Morgan fingerprint density at radius 2 is 1.68 bits per heavy atom. The first kappa shape index (κ1) is 31.9. The van der Waals surface area contributed by atoms with Gasteiger partial charge in [-0.05, 0) is 66.4 Å². The monoisotopic (exact) mass is 660 g/mol. The second-order valence-electron chi connectivity index (χ2n) is 11.0. The minimum Gasteiger partial charge on any atom is -0.346 e. The minimum atomic E-state index is -3.62. The van der Waals surface area contributed by atoms with Gasteiger partial charge in [0.25, 0.3) is 5.91 Å². The summed E-state index contributed by atoms with van der Waals surface area (Å²) in [4.78, 5) is 42.7. The largest absolute Gasteiger partial charge is 0.346 e. The van der Waals surface area contributed by atoms with Gasteiger partial charge in [-0.15, -0.1) is 0 Å². The molecule has 3 aromatic carbocycles. The van der Waals surface area contributed by atoms with E-state index in [2.05, 4.69) is 15.4 Å². The zero-order valence-electron chi connectivity index (χ0n) is 23.7. The number of anilines is 1. The van der Waals surface area contributed by atoms with Crippen molar-refractivity contribution in [3.05, 3.63) is 99.3 Å². The molecule has 13 heteroatoms. The Morgan fingerprint density at radius 3 is 2.39 bits per heavy atom. The summed E-state index contributed by atoms with van der Waals surface area (Å²) in [5, 5.41) is 5.91. The topological polar surface area (TPSA) is 125 Å². The fraction of sp³-hybridized carbons (Fsp3) is 0.323. The number of fused-ring (bicyclic) bond motifs is 1. The molecule has 0 spiro atoms. The van der Waals surface area contributed by atoms with Gasteiger partial charge in [0.2, 0.25) is 21.8 Å². The van der Waals surface area contributed by atoms with Gasteiger partial charge in [-0.3, -0.25) is 14.4 Å². The SMILES string of the molecule is CS(=O)(=O)NC1CCCC[C@@H]1N1C(=O)c2ccccc2[C@@H](C(=O)NCC(=O)Nc2ccc(F)cc2)[C@@H]1c1ccc(Cl)cc1Cl. The molecule has 3 N–H and O–H groups in total. The second-order valence-corrected chi connectivity index (χ2v) is 13.6. The number of nitrogens with zero attached hydrogens (tertiary/aromatic N) is 1. The minimum absolute atomic E-state index is 0.231. The van der Waals surface area contributed by atoms with Crippen molar-refractivity contribution in [3.63, 3.8) is 0 Å². The van der Waals surface area contributed by atoms with Crippen LogP contribution in [0, 0.1) is 5.82 Å². The zero-order chi connectivity index (χ0) is 31.6. The van der Waals surface area contributed by atoms with E-state index in [-0.39, 0.29) is 10.9 Å². The Bertz CT molecular complexity index is 1690. The molecule has 232 valence electrons. The lowest BCUT2D eigenvalue weighted by atomic mass is 9.76. The first-order valence-electron chi connectivity index (χ1n) is 14.1. The van der Waals surface area contributed by atoms with E-state index in [1.54, 1.807) is 41.3 Å². The van der Waals surface area contributed by atoms with Gasteiger partial charge in [0.15, 0.2) is 0 Å². The van der Waals surface area contributed by atoms with Crippen molar-refractivity contribution in [2.45, 2.75) is 49.7 Å². The molecule has 1 fully saturated rings. The summed E-state index contributed by atoms with van der Waals surface area (Å²) >= 11 is 12.9. The Morgan fingerprint density at radius 1 is 0.977 bits per heavy atom. The predicted octanol–water partition coefficient (Wildman–Crippen LogP) is 5.03. The summed E-state index contributed by atoms with van der Waals surface area (Å²) < 4.78 is 40.7. The molecule has 1 unspecified atom stereocenters. The average molecular weight is 662 g/mol. The maximum Gasteiger partial charge on any atom is 0.255 e. The fourth-order valence-electron chi connectivity index (χ4n) is 6.14. The van der Waals surface area contributed by atoms with Crippen molar-refractivity contribution in [1.29, 1.82) is 0 Å². The summed E-state index contributed by atoms with van der Waals surface area (Å²) in [5.41, 5.74) is 1.56. The smallest absolute Gasteiger partial charge is 0.255 e. The average Bonchev–Trinajstić information content (AvgIpc) is 2.97. The number of nitrogens with one attached hydrogen (secondary N) is 3. The fourth-order valence-corrected chi connectivity index (χ4v) is 7.49. The van der Waals surface area contributed by atoms with Crippen molar-refractivity contribution in [3.8, 4) is 0 Å².